The molecule has 1 aromatic heterocycles. The minimum Gasteiger partial charge on any atom is -0.545 e. The molecule has 3 rings (SSSR count). The topological polar surface area (TPSA) is 53.0 Å². The second-order valence-electron chi connectivity index (χ2n) is 4.37. The molecule has 0 amide bonds. The van der Waals surface area contributed by atoms with Gasteiger partial charge in [0.2, 0.25) is 0 Å². The Kier molecular flexibility index (Phi) is 3.40. The van der Waals surface area contributed by atoms with E-state index in [0.717, 1.165) is 9.13 Å². The molecule has 0 N–H and O–H groups in total. The standard InChI is InChI=1S/C16H10INO2/c17-11-7-5-10(6-8-11)15-9-13(16(19)20)12-3-1-2-4-14(12)18-15/h1-9H,(H,19,20)/p-1. The normalized spacial score (nSPS) is 10.7. The number of carboxylic acids is 1. The van der Waals surface area contributed by atoms with Crippen molar-refractivity contribution in [1.82, 2.24) is 4.98 Å². The quantitative estimate of drug-likeness (QED) is 0.649. The Hall–Kier alpha value is -1.95. The van der Waals surface area contributed by atoms with E-state index in [-0.39, 0.29) is 5.56 Å². The molecule has 0 aliphatic carbocycles. The van der Waals surface area contributed by atoms with E-state index in [4.69, 9.17) is 0 Å². The lowest BCUT2D eigenvalue weighted by Gasteiger charge is -2.10. The van der Waals surface area contributed by atoms with Gasteiger partial charge in [0.15, 0.2) is 0 Å². The van der Waals surface area contributed by atoms with Crippen LogP contribution in [0.25, 0.3) is 22.2 Å². The lowest BCUT2D eigenvalue weighted by molar-refractivity contribution is -0.254. The maximum absolute atomic E-state index is 11.3. The van der Waals surface area contributed by atoms with Crippen LogP contribution in [0.5, 0.6) is 0 Å². The maximum Gasteiger partial charge on any atom is 0.0722 e. The van der Waals surface area contributed by atoms with Gasteiger partial charge in [-0.1, -0.05) is 30.3 Å². The van der Waals surface area contributed by atoms with Crippen LogP contribution in [0.15, 0.2) is 54.6 Å². The summed E-state index contributed by atoms with van der Waals surface area (Å²) in [5.41, 5.74) is 2.35. The summed E-state index contributed by atoms with van der Waals surface area (Å²) < 4.78 is 1.12. The molecule has 0 radical (unpaired) electrons. The van der Waals surface area contributed by atoms with Gasteiger partial charge in [0.1, 0.15) is 0 Å². The van der Waals surface area contributed by atoms with Crippen LogP contribution in [0, 0.1) is 3.57 Å². The third-order valence-corrected chi connectivity index (χ3v) is 3.80. The second kappa shape index (κ2) is 5.20. The number of halogens is 1. The zero-order chi connectivity index (χ0) is 14.1. The van der Waals surface area contributed by atoms with Crippen molar-refractivity contribution in [1.29, 1.82) is 0 Å². The first kappa shape index (κ1) is 13.1. The van der Waals surface area contributed by atoms with Crippen molar-refractivity contribution in [2.75, 3.05) is 0 Å². The predicted molar refractivity (Wildman–Crippen MR) is 84.2 cm³/mol. The first-order chi connectivity index (χ1) is 9.65. The fraction of sp³-hybridized carbons (Fsp3) is 0. The number of aromatic carboxylic acids is 1. The van der Waals surface area contributed by atoms with E-state index in [1.165, 1.54) is 0 Å². The van der Waals surface area contributed by atoms with Crippen LogP contribution in [0.3, 0.4) is 0 Å². The van der Waals surface area contributed by atoms with Gasteiger partial charge < -0.3 is 9.90 Å². The third-order valence-electron chi connectivity index (χ3n) is 3.08. The number of pyridine rings is 1. The van der Waals surface area contributed by atoms with Gasteiger partial charge >= 0.3 is 0 Å². The number of aromatic nitrogens is 1. The summed E-state index contributed by atoms with van der Waals surface area (Å²) in [6, 6.07) is 16.5. The van der Waals surface area contributed by atoms with Gasteiger partial charge in [0.25, 0.3) is 0 Å². The SMILES string of the molecule is O=C([O-])c1cc(-c2ccc(I)cc2)nc2ccccc12. The summed E-state index contributed by atoms with van der Waals surface area (Å²) in [4.78, 5) is 15.8. The van der Waals surface area contributed by atoms with Gasteiger partial charge in [0, 0.05) is 20.1 Å². The number of hydrogen-bond acceptors (Lipinski definition) is 3. The van der Waals surface area contributed by atoms with E-state index in [0.29, 0.717) is 16.6 Å². The van der Waals surface area contributed by atoms with Crippen molar-refractivity contribution in [2.45, 2.75) is 0 Å². The largest absolute Gasteiger partial charge is 0.545 e. The zero-order valence-corrected chi connectivity index (χ0v) is 12.5. The van der Waals surface area contributed by atoms with Gasteiger partial charge in [-0.25, -0.2) is 4.98 Å². The van der Waals surface area contributed by atoms with E-state index < -0.39 is 5.97 Å². The maximum atomic E-state index is 11.3. The molecule has 3 aromatic rings. The zero-order valence-electron chi connectivity index (χ0n) is 10.3. The van der Waals surface area contributed by atoms with Gasteiger partial charge in [0.05, 0.1) is 17.2 Å². The Morgan fingerprint density at radius 3 is 2.45 bits per heavy atom. The van der Waals surface area contributed by atoms with Gasteiger partial charge in [-0.2, -0.15) is 0 Å². The molecule has 2 aromatic carbocycles. The molecule has 98 valence electrons. The number of para-hydroxylation sites is 1. The number of carbonyl (C=O) groups excluding carboxylic acids is 1. The molecule has 0 bridgehead atoms. The highest BCUT2D eigenvalue weighted by Crippen LogP contribution is 2.25. The highest BCUT2D eigenvalue weighted by molar-refractivity contribution is 14.1. The molecule has 20 heavy (non-hydrogen) atoms. The molecule has 0 saturated heterocycles. The molecular formula is C16H9INO2-. The van der Waals surface area contributed by atoms with E-state index >= 15 is 0 Å². The van der Waals surface area contributed by atoms with Crippen LogP contribution in [0.2, 0.25) is 0 Å². The first-order valence-corrected chi connectivity index (χ1v) is 7.10. The van der Waals surface area contributed by atoms with Crippen LogP contribution < -0.4 is 5.11 Å². The molecule has 1 heterocycles. The molecular weight excluding hydrogens is 365 g/mol. The van der Waals surface area contributed by atoms with E-state index in [1.807, 2.05) is 30.3 Å². The molecule has 0 aliphatic heterocycles. The van der Waals surface area contributed by atoms with Crippen molar-refractivity contribution in [3.63, 3.8) is 0 Å². The van der Waals surface area contributed by atoms with Crippen molar-refractivity contribution in [3.8, 4) is 11.3 Å². The molecule has 4 heteroatoms. The Balaban J connectivity index is 2.27. The number of fused-ring (bicyclic) bond motifs is 1. The van der Waals surface area contributed by atoms with Crippen LogP contribution >= 0.6 is 22.6 Å². The van der Waals surface area contributed by atoms with Crippen molar-refractivity contribution in [3.05, 3.63) is 63.7 Å². The average molecular weight is 374 g/mol. The summed E-state index contributed by atoms with van der Waals surface area (Å²) in [6.45, 7) is 0. The Bertz CT molecular complexity index is 797. The minimum absolute atomic E-state index is 0.171. The van der Waals surface area contributed by atoms with Crippen LogP contribution in [0.1, 0.15) is 10.4 Å². The number of hydrogen-bond donors (Lipinski definition) is 0. The van der Waals surface area contributed by atoms with Gasteiger partial charge in [-0.3, -0.25) is 0 Å². The number of nitrogens with zero attached hydrogens (tertiary/aromatic N) is 1. The summed E-state index contributed by atoms with van der Waals surface area (Å²) in [7, 11) is 0. The molecule has 0 atom stereocenters. The van der Waals surface area contributed by atoms with Gasteiger partial charge in [-0.15, -0.1) is 0 Å². The molecule has 0 spiro atoms. The van der Waals surface area contributed by atoms with E-state index in [9.17, 15) is 9.90 Å². The van der Waals surface area contributed by atoms with Crippen LogP contribution in [-0.4, -0.2) is 11.0 Å². The summed E-state index contributed by atoms with van der Waals surface area (Å²) in [5, 5.41) is 11.9. The highest BCUT2D eigenvalue weighted by atomic mass is 127. The lowest BCUT2D eigenvalue weighted by atomic mass is 10.0. The van der Waals surface area contributed by atoms with Crippen molar-refractivity contribution in [2.24, 2.45) is 0 Å². The summed E-state index contributed by atoms with van der Waals surface area (Å²) >= 11 is 2.22. The lowest BCUT2D eigenvalue weighted by Crippen LogP contribution is -2.22. The van der Waals surface area contributed by atoms with Crippen LogP contribution in [0.4, 0.5) is 0 Å². The first-order valence-electron chi connectivity index (χ1n) is 6.02. The Morgan fingerprint density at radius 2 is 1.75 bits per heavy atom. The number of rotatable bonds is 2. The summed E-state index contributed by atoms with van der Waals surface area (Å²) in [5.74, 6) is -1.18. The van der Waals surface area contributed by atoms with Crippen molar-refractivity contribution < 1.29 is 9.90 Å². The molecule has 3 nitrogen and oxygen atoms in total. The fourth-order valence-corrected chi connectivity index (χ4v) is 2.47. The average Bonchev–Trinajstić information content (AvgIpc) is 2.46. The molecule has 0 unspecified atom stereocenters. The number of benzene rings is 2. The number of carbonyl (C=O) groups is 1. The van der Waals surface area contributed by atoms with Gasteiger partial charge in [-0.05, 0) is 46.9 Å². The van der Waals surface area contributed by atoms with E-state index in [2.05, 4.69) is 27.6 Å². The highest BCUT2D eigenvalue weighted by Gasteiger charge is 2.08. The monoisotopic (exact) mass is 374 g/mol. The molecule has 0 fully saturated rings. The second-order valence-corrected chi connectivity index (χ2v) is 5.61. The molecule has 0 aliphatic rings. The third kappa shape index (κ3) is 2.38. The smallest absolute Gasteiger partial charge is 0.0722 e. The molecule has 0 saturated carbocycles. The number of carboxylic acid groups (broad SMARTS) is 1. The predicted octanol–water partition coefficient (Wildman–Crippen LogP) is 2.87. The van der Waals surface area contributed by atoms with E-state index in [1.54, 1.807) is 24.3 Å². The minimum atomic E-state index is -1.18. The van der Waals surface area contributed by atoms with Crippen molar-refractivity contribution >= 4 is 39.5 Å². The Labute approximate surface area is 129 Å². The van der Waals surface area contributed by atoms with Crippen LogP contribution in [-0.2, 0) is 0 Å². The summed E-state index contributed by atoms with van der Waals surface area (Å²) in [6.07, 6.45) is 0. The Morgan fingerprint density at radius 1 is 1.05 bits per heavy atom. The fourth-order valence-electron chi connectivity index (χ4n) is 2.11.